The van der Waals surface area contributed by atoms with Crippen molar-refractivity contribution in [1.29, 1.82) is 0 Å². The fourth-order valence-electron chi connectivity index (χ4n) is 4.26. The van der Waals surface area contributed by atoms with E-state index in [0.29, 0.717) is 16.9 Å². The van der Waals surface area contributed by atoms with E-state index in [1.54, 1.807) is 49.4 Å². The summed E-state index contributed by atoms with van der Waals surface area (Å²) in [5, 5.41) is 14.4. The molecular weight excluding hydrogens is 486 g/mol. The van der Waals surface area contributed by atoms with Gasteiger partial charge in [-0.3, -0.25) is 19.3 Å². The Morgan fingerprint density at radius 2 is 1.71 bits per heavy atom. The number of fused-ring (bicyclic) bond motifs is 1. The van der Waals surface area contributed by atoms with Crippen molar-refractivity contribution in [3.05, 3.63) is 102 Å². The molecule has 1 aliphatic heterocycles. The summed E-state index contributed by atoms with van der Waals surface area (Å²) in [4.78, 5) is 51.5. The average molecular weight is 514 g/mol. The van der Waals surface area contributed by atoms with Gasteiger partial charge in [0.15, 0.2) is 0 Å². The number of carbonyl (C=O) groups excluding carboxylic acids is 3. The maximum absolute atomic E-state index is 13.8. The van der Waals surface area contributed by atoms with Gasteiger partial charge in [-0.2, -0.15) is 0 Å². The molecule has 0 fully saturated rings. The van der Waals surface area contributed by atoms with Crippen LogP contribution >= 0.6 is 0 Å². The zero-order valence-electron chi connectivity index (χ0n) is 20.7. The van der Waals surface area contributed by atoms with Gasteiger partial charge < -0.3 is 20.5 Å². The molecule has 3 aromatic carbocycles. The Kier molecular flexibility index (Phi) is 8.17. The number of nitrogens with one attached hydrogen (secondary N) is 2. The minimum absolute atomic E-state index is 0.168. The van der Waals surface area contributed by atoms with Crippen LogP contribution in [0.25, 0.3) is 5.57 Å². The van der Waals surface area contributed by atoms with Gasteiger partial charge in [-0.05, 0) is 47.9 Å². The molecule has 0 aliphatic carbocycles. The number of esters is 1. The normalized spacial score (nSPS) is 14.6. The van der Waals surface area contributed by atoms with Crippen molar-refractivity contribution in [3.63, 3.8) is 0 Å². The lowest BCUT2D eigenvalue weighted by molar-refractivity contribution is -0.142. The van der Waals surface area contributed by atoms with Gasteiger partial charge in [0.1, 0.15) is 12.6 Å². The van der Waals surface area contributed by atoms with Crippen LogP contribution in [-0.4, -0.2) is 48.2 Å². The van der Waals surface area contributed by atoms with Crippen LogP contribution in [0.1, 0.15) is 23.6 Å². The van der Waals surface area contributed by atoms with Gasteiger partial charge in [0.25, 0.3) is 5.91 Å². The molecule has 0 saturated carbocycles. The van der Waals surface area contributed by atoms with Gasteiger partial charge in [0.05, 0.1) is 18.7 Å². The molecule has 1 atom stereocenters. The molecule has 4 rings (SSSR count). The second-order valence-electron chi connectivity index (χ2n) is 8.54. The van der Waals surface area contributed by atoms with Crippen LogP contribution in [0.2, 0.25) is 0 Å². The Balaban J connectivity index is 1.68. The number of carbonyl (C=O) groups is 4. The van der Waals surface area contributed by atoms with Crippen molar-refractivity contribution in [3.8, 4) is 0 Å². The summed E-state index contributed by atoms with van der Waals surface area (Å²) in [6, 6.07) is 21.3. The van der Waals surface area contributed by atoms with Gasteiger partial charge in [0, 0.05) is 11.3 Å². The first-order chi connectivity index (χ1) is 18.4. The SMILES string of the molecule is CCOC(=O)CN1C(=O)C(NC(=O)Nc2cccc(CC(=O)O)c2)C=C(c2ccccc2)c2ccccc21. The first kappa shape index (κ1) is 26.2. The van der Waals surface area contributed by atoms with Crippen LogP contribution in [0.5, 0.6) is 0 Å². The fraction of sp³-hybridized carbons (Fsp3) is 0.172. The summed E-state index contributed by atoms with van der Waals surface area (Å²) in [6.07, 6.45) is 1.48. The Hall–Kier alpha value is -4.92. The standard InChI is InChI=1S/C29H27N3O6/c1-2-38-27(35)18-32-25-14-7-6-13-22(25)23(20-10-4-3-5-11-20)17-24(28(32)36)31-29(37)30-21-12-8-9-19(15-21)16-26(33)34/h3-15,17,24H,2,16,18H2,1H3,(H,33,34)(H2,30,31,37). The number of ether oxygens (including phenoxy) is 1. The monoisotopic (exact) mass is 513 g/mol. The Morgan fingerprint density at radius 3 is 2.45 bits per heavy atom. The molecule has 0 spiro atoms. The first-order valence-electron chi connectivity index (χ1n) is 12.1. The molecule has 9 nitrogen and oxygen atoms in total. The summed E-state index contributed by atoms with van der Waals surface area (Å²) in [5.41, 5.74) is 3.69. The van der Waals surface area contributed by atoms with Crippen molar-refractivity contribution in [2.45, 2.75) is 19.4 Å². The molecule has 3 amide bonds. The summed E-state index contributed by atoms with van der Waals surface area (Å²) in [6.45, 7) is 1.53. The molecule has 9 heteroatoms. The second kappa shape index (κ2) is 11.9. The number of anilines is 2. The zero-order chi connectivity index (χ0) is 27.1. The number of carboxylic acids is 1. The molecule has 194 valence electrons. The second-order valence-corrected chi connectivity index (χ2v) is 8.54. The van der Waals surface area contributed by atoms with Gasteiger partial charge in [-0.25, -0.2) is 4.79 Å². The predicted octanol–water partition coefficient (Wildman–Crippen LogP) is 3.85. The lowest BCUT2D eigenvalue weighted by Gasteiger charge is -2.25. The van der Waals surface area contributed by atoms with E-state index in [1.807, 2.05) is 42.5 Å². The predicted molar refractivity (Wildman–Crippen MR) is 143 cm³/mol. The smallest absolute Gasteiger partial charge is 0.326 e. The maximum Gasteiger partial charge on any atom is 0.326 e. The molecule has 3 N–H and O–H groups in total. The van der Waals surface area contributed by atoms with Crippen LogP contribution in [0, 0.1) is 0 Å². The van der Waals surface area contributed by atoms with E-state index in [0.717, 1.165) is 16.7 Å². The molecule has 3 aromatic rings. The lowest BCUT2D eigenvalue weighted by Crippen LogP contribution is -2.50. The molecule has 0 saturated heterocycles. The van der Waals surface area contributed by atoms with Crippen molar-refractivity contribution >= 4 is 40.8 Å². The quantitative estimate of drug-likeness (QED) is 0.393. The Morgan fingerprint density at radius 1 is 0.974 bits per heavy atom. The molecule has 1 heterocycles. The summed E-state index contributed by atoms with van der Waals surface area (Å²) < 4.78 is 5.10. The average Bonchev–Trinajstić information content (AvgIpc) is 3.00. The van der Waals surface area contributed by atoms with E-state index in [4.69, 9.17) is 9.84 Å². The van der Waals surface area contributed by atoms with Crippen LogP contribution in [0.15, 0.2) is 84.9 Å². The zero-order valence-corrected chi connectivity index (χ0v) is 20.7. The third kappa shape index (κ3) is 6.25. The van der Waals surface area contributed by atoms with E-state index < -0.39 is 29.9 Å². The lowest BCUT2D eigenvalue weighted by atomic mass is 9.95. The van der Waals surface area contributed by atoms with E-state index in [2.05, 4.69) is 10.6 Å². The highest BCUT2D eigenvalue weighted by Gasteiger charge is 2.33. The Bertz CT molecular complexity index is 1390. The fourth-order valence-corrected chi connectivity index (χ4v) is 4.26. The van der Waals surface area contributed by atoms with Gasteiger partial charge >= 0.3 is 18.0 Å². The van der Waals surface area contributed by atoms with Gasteiger partial charge in [-0.1, -0.05) is 60.7 Å². The topological polar surface area (TPSA) is 125 Å². The number of urea groups is 1. The van der Waals surface area contributed by atoms with Crippen LogP contribution in [0.4, 0.5) is 16.2 Å². The van der Waals surface area contributed by atoms with E-state index >= 15 is 0 Å². The minimum Gasteiger partial charge on any atom is -0.481 e. The third-order valence-corrected chi connectivity index (χ3v) is 5.85. The van der Waals surface area contributed by atoms with Gasteiger partial charge in [0.2, 0.25) is 0 Å². The van der Waals surface area contributed by atoms with Crippen LogP contribution in [-0.2, 0) is 25.5 Å². The number of para-hydroxylation sites is 1. The molecule has 0 radical (unpaired) electrons. The van der Waals surface area contributed by atoms with Crippen molar-refractivity contribution in [2.24, 2.45) is 0 Å². The number of carboxylic acid groups (broad SMARTS) is 1. The Labute approximate surface area is 219 Å². The van der Waals surface area contributed by atoms with E-state index in [1.165, 1.54) is 4.90 Å². The summed E-state index contributed by atoms with van der Waals surface area (Å²) in [7, 11) is 0. The molecule has 1 unspecified atom stereocenters. The molecule has 0 bridgehead atoms. The van der Waals surface area contributed by atoms with E-state index in [-0.39, 0.29) is 19.6 Å². The molecule has 38 heavy (non-hydrogen) atoms. The van der Waals surface area contributed by atoms with Crippen molar-refractivity contribution < 1.29 is 29.0 Å². The number of amides is 3. The number of hydrogen-bond acceptors (Lipinski definition) is 5. The summed E-state index contributed by atoms with van der Waals surface area (Å²) in [5.74, 6) is -2.07. The first-order valence-corrected chi connectivity index (χ1v) is 12.1. The van der Waals surface area contributed by atoms with Crippen LogP contribution < -0.4 is 15.5 Å². The maximum atomic E-state index is 13.8. The highest BCUT2D eigenvalue weighted by atomic mass is 16.5. The molecular formula is C29H27N3O6. The van der Waals surface area contributed by atoms with Crippen molar-refractivity contribution in [2.75, 3.05) is 23.4 Å². The van der Waals surface area contributed by atoms with E-state index in [9.17, 15) is 19.2 Å². The largest absolute Gasteiger partial charge is 0.481 e. The molecule has 0 aromatic heterocycles. The van der Waals surface area contributed by atoms with Crippen LogP contribution in [0.3, 0.4) is 0 Å². The number of nitrogens with zero attached hydrogens (tertiary/aromatic N) is 1. The third-order valence-electron chi connectivity index (χ3n) is 5.85. The van der Waals surface area contributed by atoms with Crippen molar-refractivity contribution in [1.82, 2.24) is 5.32 Å². The number of aliphatic carboxylic acids is 1. The number of hydrogen-bond donors (Lipinski definition) is 3. The minimum atomic E-state index is -1.12. The highest BCUT2D eigenvalue weighted by Crippen LogP contribution is 2.35. The number of benzene rings is 3. The highest BCUT2D eigenvalue weighted by molar-refractivity contribution is 6.09. The molecule has 1 aliphatic rings. The van der Waals surface area contributed by atoms with Gasteiger partial charge in [-0.15, -0.1) is 0 Å². The summed E-state index contributed by atoms with van der Waals surface area (Å²) >= 11 is 0. The number of rotatable bonds is 8.